The first-order valence-electron chi connectivity index (χ1n) is 10.8. The number of hydrogen-bond acceptors (Lipinski definition) is 7. The van der Waals surface area contributed by atoms with E-state index in [1.165, 1.54) is 11.3 Å². The van der Waals surface area contributed by atoms with Crippen LogP contribution in [0.4, 0.5) is 5.69 Å². The van der Waals surface area contributed by atoms with E-state index in [9.17, 15) is 4.79 Å². The number of benzene rings is 1. The van der Waals surface area contributed by atoms with Gasteiger partial charge >= 0.3 is 0 Å². The van der Waals surface area contributed by atoms with Crippen molar-refractivity contribution in [2.45, 2.75) is 45.4 Å². The Morgan fingerprint density at radius 3 is 2.75 bits per heavy atom. The maximum atomic E-state index is 12.2. The second-order valence-electron chi connectivity index (χ2n) is 8.12. The predicted octanol–water partition coefficient (Wildman–Crippen LogP) is 4.47. The third-order valence-corrected chi connectivity index (χ3v) is 6.04. The molecule has 1 aliphatic rings. The lowest BCUT2D eigenvalue weighted by Gasteiger charge is -2.20. The molecule has 168 valence electrons. The minimum atomic E-state index is -0.107. The lowest BCUT2D eigenvalue weighted by atomic mass is 10.1. The van der Waals surface area contributed by atoms with Gasteiger partial charge in [-0.25, -0.2) is 4.98 Å². The van der Waals surface area contributed by atoms with Crippen LogP contribution in [0.15, 0.2) is 54.3 Å². The lowest BCUT2D eigenvalue weighted by Crippen LogP contribution is -2.26. The van der Waals surface area contributed by atoms with E-state index >= 15 is 0 Å². The molecule has 2 aromatic heterocycles. The normalized spacial score (nSPS) is 16.8. The summed E-state index contributed by atoms with van der Waals surface area (Å²) in [7, 11) is 0. The first-order valence-corrected chi connectivity index (χ1v) is 11.7. The Balaban J connectivity index is 1.31. The Labute approximate surface area is 192 Å². The molecular formula is C24H28N4O3S. The van der Waals surface area contributed by atoms with Crippen molar-refractivity contribution < 1.29 is 14.3 Å². The topological polar surface area (TPSA) is 76.6 Å². The number of rotatable bonds is 8. The van der Waals surface area contributed by atoms with Crippen molar-refractivity contribution in [1.29, 1.82) is 0 Å². The second kappa shape index (κ2) is 9.99. The molecule has 1 aliphatic heterocycles. The molecule has 1 fully saturated rings. The summed E-state index contributed by atoms with van der Waals surface area (Å²) >= 11 is 1.33. The van der Waals surface area contributed by atoms with E-state index in [1.54, 1.807) is 17.9 Å². The third kappa shape index (κ3) is 5.56. The Bertz CT molecular complexity index is 1020. The van der Waals surface area contributed by atoms with Crippen LogP contribution in [0.1, 0.15) is 48.5 Å². The number of hydrogen-bond donors (Lipinski definition) is 1. The minimum Gasteiger partial charge on any atom is -0.489 e. The Morgan fingerprint density at radius 2 is 2.03 bits per heavy atom. The maximum Gasteiger partial charge on any atom is 0.263 e. The van der Waals surface area contributed by atoms with Crippen LogP contribution in [-0.2, 0) is 0 Å². The number of nitrogens with one attached hydrogen (secondary N) is 1. The van der Waals surface area contributed by atoms with Crippen molar-refractivity contribution >= 4 is 22.9 Å². The minimum absolute atomic E-state index is 0.0964. The molecule has 2 atom stereocenters. The fourth-order valence-corrected chi connectivity index (χ4v) is 4.19. The van der Waals surface area contributed by atoms with E-state index in [4.69, 9.17) is 9.47 Å². The van der Waals surface area contributed by atoms with Gasteiger partial charge in [0, 0.05) is 30.9 Å². The quantitative estimate of drug-likeness (QED) is 0.543. The summed E-state index contributed by atoms with van der Waals surface area (Å²) in [6.45, 7) is 7.70. The van der Waals surface area contributed by atoms with Crippen molar-refractivity contribution in [3.05, 3.63) is 64.7 Å². The number of amides is 1. The van der Waals surface area contributed by atoms with E-state index in [-0.39, 0.29) is 24.2 Å². The molecule has 0 bridgehead atoms. The van der Waals surface area contributed by atoms with Gasteiger partial charge in [-0.1, -0.05) is 12.1 Å². The maximum absolute atomic E-state index is 12.2. The highest BCUT2D eigenvalue weighted by atomic mass is 32.1. The van der Waals surface area contributed by atoms with E-state index in [0.29, 0.717) is 10.8 Å². The number of nitrogens with zero attached hydrogens (tertiary/aromatic N) is 3. The lowest BCUT2D eigenvalue weighted by molar-refractivity contribution is 0.0944. The number of carbonyl (C=O) groups is 1. The largest absolute Gasteiger partial charge is 0.489 e. The van der Waals surface area contributed by atoms with E-state index in [2.05, 4.69) is 20.2 Å². The van der Waals surface area contributed by atoms with Crippen LogP contribution < -0.4 is 19.7 Å². The first-order chi connectivity index (χ1) is 15.5. The molecule has 1 N–H and O–H groups in total. The molecule has 0 spiro atoms. The molecule has 32 heavy (non-hydrogen) atoms. The summed E-state index contributed by atoms with van der Waals surface area (Å²) in [4.78, 5) is 23.4. The van der Waals surface area contributed by atoms with Crippen molar-refractivity contribution in [2.75, 3.05) is 18.0 Å². The fourth-order valence-electron chi connectivity index (χ4n) is 3.67. The predicted molar refractivity (Wildman–Crippen MR) is 126 cm³/mol. The van der Waals surface area contributed by atoms with Crippen LogP contribution in [-0.4, -0.2) is 41.2 Å². The zero-order valence-electron chi connectivity index (χ0n) is 18.5. The van der Waals surface area contributed by atoms with Gasteiger partial charge in [-0.2, -0.15) is 0 Å². The van der Waals surface area contributed by atoms with Crippen LogP contribution in [0.5, 0.6) is 11.6 Å². The van der Waals surface area contributed by atoms with Crippen LogP contribution in [0.3, 0.4) is 0 Å². The molecule has 1 amide bonds. The van der Waals surface area contributed by atoms with Gasteiger partial charge < -0.3 is 19.7 Å². The molecule has 0 aliphatic carbocycles. The van der Waals surface area contributed by atoms with Gasteiger partial charge in [0.05, 0.1) is 30.4 Å². The third-order valence-electron chi connectivity index (χ3n) is 5.27. The van der Waals surface area contributed by atoms with E-state index < -0.39 is 0 Å². The van der Waals surface area contributed by atoms with Gasteiger partial charge in [0.2, 0.25) is 5.88 Å². The van der Waals surface area contributed by atoms with Gasteiger partial charge in [-0.05, 0) is 44.5 Å². The summed E-state index contributed by atoms with van der Waals surface area (Å²) in [6.07, 6.45) is 4.53. The van der Waals surface area contributed by atoms with Crippen molar-refractivity contribution in [2.24, 2.45) is 0 Å². The summed E-state index contributed by atoms with van der Waals surface area (Å²) < 4.78 is 11.9. The molecule has 3 heterocycles. The van der Waals surface area contributed by atoms with Gasteiger partial charge in [0.15, 0.2) is 0 Å². The van der Waals surface area contributed by atoms with Gasteiger partial charge in [0.25, 0.3) is 5.91 Å². The molecule has 3 aromatic rings. The Morgan fingerprint density at radius 1 is 1.22 bits per heavy atom. The average molecular weight is 453 g/mol. The smallest absolute Gasteiger partial charge is 0.263 e. The molecule has 0 radical (unpaired) electrons. The molecule has 1 saturated heterocycles. The number of ether oxygens (including phenoxy) is 2. The average Bonchev–Trinajstić information content (AvgIpc) is 3.46. The van der Waals surface area contributed by atoms with Crippen molar-refractivity contribution in [3.63, 3.8) is 0 Å². The summed E-state index contributed by atoms with van der Waals surface area (Å²) in [5.41, 5.74) is 3.78. The summed E-state index contributed by atoms with van der Waals surface area (Å²) in [5.74, 6) is 1.37. The molecule has 1 aromatic carbocycles. The summed E-state index contributed by atoms with van der Waals surface area (Å²) in [5, 5.41) is 3.00. The van der Waals surface area contributed by atoms with E-state index in [0.717, 1.165) is 36.5 Å². The Kier molecular flexibility index (Phi) is 6.90. The first kappa shape index (κ1) is 22.1. The van der Waals surface area contributed by atoms with Crippen LogP contribution in [0, 0.1) is 0 Å². The van der Waals surface area contributed by atoms with Crippen LogP contribution in [0.25, 0.3) is 0 Å². The molecule has 0 saturated carbocycles. The number of pyridine rings is 1. The number of carbonyl (C=O) groups excluding carboxylic acids is 1. The van der Waals surface area contributed by atoms with Crippen LogP contribution in [0.2, 0.25) is 0 Å². The monoisotopic (exact) mass is 452 g/mol. The van der Waals surface area contributed by atoms with Gasteiger partial charge in [-0.3, -0.25) is 9.78 Å². The SMILES string of the molecule is CC(C)Oc1cc(N2CCC(Oc3ccc([C@H](C)NC(=O)c4cncs4)cc3)C2)ccn1. The van der Waals surface area contributed by atoms with Crippen LogP contribution >= 0.6 is 11.3 Å². The zero-order valence-corrected chi connectivity index (χ0v) is 19.3. The molecular weight excluding hydrogens is 424 g/mol. The Hall–Kier alpha value is -3.13. The second-order valence-corrected chi connectivity index (χ2v) is 9.01. The highest BCUT2D eigenvalue weighted by molar-refractivity contribution is 7.11. The van der Waals surface area contributed by atoms with Gasteiger partial charge in [0.1, 0.15) is 16.7 Å². The van der Waals surface area contributed by atoms with Crippen molar-refractivity contribution in [3.8, 4) is 11.6 Å². The van der Waals surface area contributed by atoms with E-state index in [1.807, 2.05) is 57.2 Å². The molecule has 1 unspecified atom stereocenters. The number of anilines is 1. The fraction of sp³-hybridized carbons (Fsp3) is 0.375. The molecule has 8 heteroatoms. The number of thiazole rings is 1. The summed E-state index contributed by atoms with van der Waals surface area (Å²) in [6, 6.07) is 11.8. The zero-order chi connectivity index (χ0) is 22.5. The molecule has 4 rings (SSSR count). The molecule has 7 nitrogen and oxygen atoms in total. The standard InChI is InChI=1S/C24H28N4O3S/c1-16(2)30-23-12-19(8-10-26-23)28-11-9-21(14-28)31-20-6-4-18(5-7-20)17(3)27-24(29)22-13-25-15-32-22/h4-8,10,12-13,15-17,21H,9,11,14H2,1-3H3,(H,27,29)/t17-,21?/m0/s1. The van der Waals surface area contributed by atoms with Crippen molar-refractivity contribution in [1.82, 2.24) is 15.3 Å². The van der Waals surface area contributed by atoms with Gasteiger partial charge in [-0.15, -0.1) is 11.3 Å². The highest BCUT2D eigenvalue weighted by Gasteiger charge is 2.25. The highest BCUT2D eigenvalue weighted by Crippen LogP contribution is 2.26. The number of aromatic nitrogens is 2.